The van der Waals surface area contributed by atoms with Crippen LogP contribution in [0.3, 0.4) is 0 Å². The molecular formula is C63H78N4O20S2. The minimum absolute atomic E-state index is 0.00613. The van der Waals surface area contributed by atoms with Crippen molar-refractivity contribution in [2.45, 2.75) is 119 Å². The van der Waals surface area contributed by atoms with Gasteiger partial charge in [-0.3, -0.25) is 0 Å². The number of nitrogens with zero attached hydrogens (tertiary/aromatic N) is 2. The molecule has 482 valence electrons. The van der Waals surface area contributed by atoms with Gasteiger partial charge >= 0.3 is 12.2 Å². The number of phenolic OH excluding ortho intramolecular Hbond substituents is 1. The molecule has 0 saturated carbocycles. The third-order valence-corrected chi connectivity index (χ3v) is 19.6. The van der Waals surface area contributed by atoms with E-state index in [9.17, 15) is 41.7 Å². The van der Waals surface area contributed by atoms with Crippen LogP contribution in [0.5, 0.6) is 34.5 Å². The highest BCUT2D eigenvalue weighted by Gasteiger charge is 2.46. The van der Waals surface area contributed by atoms with Gasteiger partial charge in [-0.25, -0.2) is 26.4 Å². The standard InChI is InChI=1S/C35H42N2O10S.C28H36N2O10S/c1-23(2)18-37(48(40,41)27-12-13-31-32(17-27)46-22-45-31)19-30(38)29(36-35(39)47-33-21-44-34-28(33)14-15-42-34)16-24-8-10-26(11-9-24)43-20-25-6-4-3-5-7-25;1-17(2)13-30(41(34,35)20-7-8-24-25(12-20)39-16-38-24)14-23(32)22(11-18-3-5-19(31)6-4-18)29-28(33)40-26-15-37-27-21(26)9-10-36-27/h3-13,17,23,28-30,33-34,38H,14-16,18-22H2,1-2H3,(H,36,39);3-8,12,17,21-23,26-27,31-32H,9-11,13-16H2,1-2H3,(H,29,33)/t28-,29-,30+,33-,34+;21-,22-,23+,26-,27+/m00/s1. The molecule has 0 spiro atoms. The Morgan fingerprint density at radius 1 is 0.551 bits per heavy atom. The van der Waals surface area contributed by atoms with E-state index in [4.69, 9.17) is 52.1 Å². The number of amides is 2. The first kappa shape index (κ1) is 65.0. The van der Waals surface area contributed by atoms with Crippen molar-refractivity contribution in [3.05, 3.63) is 132 Å². The van der Waals surface area contributed by atoms with Crippen molar-refractivity contribution in [1.29, 1.82) is 0 Å². The number of nitrogens with one attached hydrogen (secondary N) is 2. The van der Waals surface area contributed by atoms with Gasteiger partial charge in [0, 0.05) is 38.3 Å². The van der Waals surface area contributed by atoms with Gasteiger partial charge in [-0.05, 0) is 103 Å². The first-order valence-corrected chi connectivity index (χ1v) is 32.7. The Kier molecular flexibility index (Phi) is 21.4. The number of carbonyl (C=O) groups is 2. The normalized spacial score (nSPS) is 22.0. The predicted molar refractivity (Wildman–Crippen MR) is 319 cm³/mol. The lowest BCUT2D eigenvalue weighted by Gasteiger charge is -2.31. The molecule has 0 aromatic heterocycles. The molecule has 6 aliphatic rings. The van der Waals surface area contributed by atoms with Crippen LogP contribution < -0.4 is 34.3 Å². The van der Waals surface area contributed by atoms with Gasteiger partial charge in [0.15, 0.2) is 35.6 Å². The maximum absolute atomic E-state index is 13.9. The molecule has 0 aliphatic carbocycles. The lowest BCUT2D eigenvalue weighted by Crippen LogP contribution is -2.51. The molecule has 6 aliphatic heterocycles. The van der Waals surface area contributed by atoms with Crippen molar-refractivity contribution in [2.24, 2.45) is 23.7 Å². The zero-order valence-electron chi connectivity index (χ0n) is 50.0. The lowest BCUT2D eigenvalue weighted by molar-refractivity contribution is -0.0909. The quantitative estimate of drug-likeness (QED) is 0.0426. The molecule has 10 atom stereocenters. The molecule has 5 N–H and O–H groups in total. The summed E-state index contributed by atoms with van der Waals surface area (Å²) in [6, 6.07) is 30.5. The largest absolute Gasteiger partial charge is 0.508 e. The van der Waals surface area contributed by atoms with Gasteiger partial charge in [0.2, 0.25) is 33.6 Å². The molecule has 26 heteroatoms. The summed E-state index contributed by atoms with van der Waals surface area (Å²) >= 11 is 0. The van der Waals surface area contributed by atoms with E-state index in [1.54, 1.807) is 18.2 Å². The van der Waals surface area contributed by atoms with Crippen LogP contribution in [0.25, 0.3) is 0 Å². The number of hydrogen-bond donors (Lipinski definition) is 5. The van der Waals surface area contributed by atoms with Crippen LogP contribution in [0.15, 0.2) is 125 Å². The zero-order chi connectivity index (χ0) is 62.8. The molecule has 11 rings (SSSR count). The van der Waals surface area contributed by atoms with Crippen LogP contribution in [0.4, 0.5) is 9.59 Å². The van der Waals surface area contributed by atoms with E-state index in [0.29, 0.717) is 55.0 Å². The van der Waals surface area contributed by atoms with E-state index in [1.165, 1.54) is 51.1 Å². The SMILES string of the molecule is CC(C)CN(C[C@@H](O)[C@H](Cc1ccc(O)cc1)NC(=O)O[C@H]1CO[C@H]2OCC[C@H]21)S(=O)(=O)c1ccc2c(c1)OCO2.CC(C)CN(C[C@@H](O)[C@H](Cc1ccc(OCc2ccccc2)cc1)NC(=O)O[C@H]1CO[C@H]2OCC[C@H]21)S(=O)(=O)c1ccc2c(c1)OCO2. The highest BCUT2D eigenvalue weighted by atomic mass is 32.2. The van der Waals surface area contributed by atoms with E-state index in [0.717, 1.165) is 23.1 Å². The molecule has 2 amide bonds. The van der Waals surface area contributed by atoms with Crippen LogP contribution >= 0.6 is 0 Å². The molecule has 0 bridgehead atoms. The molecule has 0 radical (unpaired) electrons. The Morgan fingerprint density at radius 2 is 0.989 bits per heavy atom. The number of aliphatic hydroxyl groups excluding tert-OH is 2. The number of phenols is 1. The van der Waals surface area contributed by atoms with Crippen molar-refractivity contribution in [1.82, 2.24) is 19.2 Å². The third kappa shape index (κ3) is 16.7. The number of rotatable bonds is 25. The topological polar surface area (TPSA) is 295 Å². The second-order valence-electron chi connectivity index (χ2n) is 23.5. The van der Waals surface area contributed by atoms with Gasteiger partial charge in [0.25, 0.3) is 0 Å². The second kappa shape index (κ2) is 29.3. The Labute approximate surface area is 518 Å². The summed E-state index contributed by atoms with van der Waals surface area (Å²) in [5, 5.41) is 38.3. The number of hydrogen-bond acceptors (Lipinski definition) is 20. The molecule has 5 aromatic rings. The number of ether oxygens (including phenoxy) is 11. The number of sulfonamides is 2. The van der Waals surface area contributed by atoms with Crippen molar-refractivity contribution >= 4 is 32.2 Å². The van der Waals surface area contributed by atoms with Gasteiger partial charge in [-0.2, -0.15) is 8.61 Å². The summed E-state index contributed by atoms with van der Waals surface area (Å²) in [6.07, 6.45) is -4.04. The number of fused-ring (bicyclic) bond motifs is 4. The van der Waals surface area contributed by atoms with Crippen molar-refractivity contribution in [3.8, 4) is 34.5 Å². The van der Waals surface area contributed by atoms with Crippen molar-refractivity contribution < 1.29 is 93.8 Å². The summed E-state index contributed by atoms with van der Waals surface area (Å²) in [7, 11) is -8.12. The van der Waals surface area contributed by atoms with Gasteiger partial charge in [-0.15, -0.1) is 0 Å². The molecular weight excluding hydrogens is 1200 g/mol. The van der Waals surface area contributed by atoms with E-state index < -0.39 is 81.3 Å². The molecule has 0 unspecified atom stereocenters. The van der Waals surface area contributed by atoms with Crippen LogP contribution in [-0.2, 0) is 67.9 Å². The fourth-order valence-corrected chi connectivity index (χ4v) is 14.6. The summed E-state index contributed by atoms with van der Waals surface area (Å²) < 4.78 is 119. The second-order valence-corrected chi connectivity index (χ2v) is 27.4. The van der Waals surface area contributed by atoms with Crippen LogP contribution in [0, 0.1) is 23.7 Å². The van der Waals surface area contributed by atoms with Crippen LogP contribution in [-0.4, -0.2) is 168 Å². The van der Waals surface area contributed by atoms with E-state index in [2.05, 4.69) is 10.6 Å². The Balaban J connectivity index is 0.000000199. The van der Waals surface area contributed by atoms with Crippen LogP contribution in [0.1, 0.15) is 57.2 Å². The Morgan fingerprint density at radius 3 is 1.44 bits per heavy atom. The fourth-order valence-electron chi connectivity index (χ4n) is 11.3. The minimum atomic E-state index is -4.06. The Hall–Kier alpha value is -6.98. The smallest absolute Gasteiger partial charge is 0.407 e. The van der Waals surface area contributed by atoms with Crippen LogP contribution in [0.2, 0.25) is 0 Å². The molecule has 4 saturated heterocycles. The average molecular weight is 1280 g/mol. The number of alkyl carbamates (subject to hydrolysis) is 2. The number of carbonyl (C=O) groups excluding carboxylic acids is 2. The molecule has 89 heavy (non-hydrogen) atoms. The minimum Gasteiger partial charge on any atom is -0.508 e. The van der Waals surface area contributed by atoms with Gasteiger partial charge < -0.3 is 78.1 Å². The summed E-state index contributed by atoms with van der Waals surface area (Å²) in [5.74, 6) is 2.11. The maximum atomic E-state index is 13.9. The first-order valence-electron chi connectivity index (χ1n) is 29.9. The fraction of sp³-hybridized carbons (Fsp3) is 0.492. The molecule has 6 heterocycles. The first-order chi connectivity index (χ1) is 42.7. The third-order valence-electron chi connectivity index (χ3n) is 15.9. The zero-order valence-corrected chi connectivity index (χ0v) is 51.6. The highest BCUT2D eigenvalue weighted by Crippen LogP contribution is 2.38. The lowest BCUT2D eigenvalue weighted by atomic mass is 10.0. The summed E-state index contributed by atoms with van der Waals surface area (Å²) in [6.45, 7) is 9.18. The molecule has 4 fully saturated rings. The van der Waals surface area contributed by atoms with Gasteiger partial charge in [-0.1, -0.05) is 82.3 Å². The van der Waals surface area contributed by atoms with Gasteiger partial charge in [0.1, 0.15) is 30.3 Å². The molecule has 24 nitrogen and oxygen atoms in total. The average Bonchev–Trinajstić information content (AvgIpc) is 2.03. The van der Waals surface area contributed by atoms with Crippen molar-refractivity contribution in [3.63, 3.8) is 0 Å². The Bertz CT molecular complexity index is 3400. The predicted octanol–water partition coefficient (Wildman–Crippen LogP) is 6.33. The number of aromatic hydroxyl groups is 1. The van der Waals surface area contributed by atoms with E-state index in [1.807, 2.05) is 82.3 Å². The van der Waals surface area contributed by atoms with Gasteiger partial charge in [0.05, 0.1) is 72.3 Å². The highest BCUT2D eigenvalue weighted by molar-refractivity contribution is 7.89. The number of aliphatic hydroxyl groups is 2. The maximum Gasteiger partial charge on any atom is 0.407 e. The van der Waals surface area contributed by atoms with E-state index in [-0.39, 0.29) is 105 Å². The van der Waals surface area contributed by atoms with Crippen molar-refractivity contribution in [2.75, 3.05) is 66.2 Å². The molecule has 5 aromatic carbocycles. The summed E-state index contributed by atoms with van der Waals surface area (Å²) in [5.41, 5.74) is 2.56. The number of benzene rings is 5. The monoisotopic (exact) mass is 1270 g/mol. The van der Waals surface area contributed by atoms with E-state index >= 15 is 0 Å². The summed E-state index contributed by atoms with van der Waals surface area (Å²) in [4.78, 5) is 26.3.